The Kier molecular flexibility index (Phi) is 4.78. The minimum atomic E-state index is -2.29. The minimum absolute atomic E-state index is 0.0508. The van der Waals surface area contributed by atoms with Gasteiger partial charge in [0.15, 0.2) is 5.82 Å². The number of nitrogens with one attached hydrogen (secondary N) is 2. The van der Waals surface area contributed by atoms with Crippen molar-refractivity contribution < 1.29 is 4.11 Å². The third-order valence-electron chi connectivity index (χ3n) is 6.24. The standard InChI is InChI=1S/C25H29N7O/c1-4-18-12-21-22(30-25(18)33)10-17(13-27-21)15-31-5-7-32(8-6-31)20-11-19-9-16(2)29-24(26-3)23(19)28-14-20/h9-14H,4-8,15H2,1-3H3,(H,26,29)(H,30,33)/i2D3. The van der Waals surface area contributed by atoms with Gasteiger partial charge in [-0.2, -0.15) is 0 Å². The van der Waals surface area contributed by atoms with E-state index < -0.39 is 6.85 Å². The van der Waals surface area contributed by atoms with E-state index in [0.29, 0.717) is 17.8 Å². The molecule has 0 amide bonds. The van der Waals surface area contributed by atoms with Crippen molar-refractivity contribution in [1.29, 1.82) is 0 Å². The molecule has 33 heavy (non-hydrogen) atoms. The van der Waals surface area contributed by atoms with Gasteiger partial charge in [-0.3, -0.25) is 19.7 Å². The van der Waals surface area contributed by atoms with E-state index in [9.17, 15) is 4.79 Å². The quantitative estimate of drug-likeness (QED) is 0.487. The molecule has 0 atom stereocenters. The Balaban J connectivity index is 1.30. The van der Waals surface area contributed by atoms with Crippen LogP contribution >= 0.6 is 0 Å². The molecule has 0 saturated carbocycles. The fourth-order valence-corrected chi connectivity index (χ4v) is 4.42. The number of fused-ring (bicyclic) bond motifs is 2. The average molecular weight is 447 g/mol. The molecule has 4 aromatic rings. The van der Waals surface area contributed by atoms with E-state index >= 15 is 0 Å². The highest BCUT2D eigenvalue weighted by Crippen LogP contribution is 2.26. The Hall–Kier alpha value is -3.52. The summed E-state index contributed by atoms with van der Waals surface area (Å²) in [5.41, 5.74) is 5.00. The lowest BCUT2D eigenvalue weighted by Gasteiger charge is -2.36. The Labute approximate surface area is 196 Å². The lowest BCUT2D eigenvalue weighted by atomic mass is 10.1. The molecule has 0 unspecified atom stereocenters. The summed E-state index contributed by atoms with van der Waals surface area (Å²) in [7, 11) is 1.71. The van der Waals surface area contributed by atoms with Gasteiger partial charge in [0.05, 0.1) is 22.9 Å². The Morgan fingerprint density at radius 1 is 1.12 bits per heavy atom. The summed E-state index contributed by atoms with van der Waals surface area (Å²) in [5.74, 6) is 0.464. The van der Waals surface area contributed by atoms with E-state index in [2.05, 4.69) is 35.1 Å². The molecule has 2 N–H and O–H groups in total. The number of hydrogen-bond donors (Lipinski definition) is 2. The van der Waals surface area contributed by atoms with Crippen LogP contribution in [0.25, 0.3) is 21.9 Å². The van der Waals surface area contributed by atoms with Crippen LogP contribution in [0.4, 0.5) is 11.5 Å². The van der Waals surface area contributed by atoms with Gasteiger partial charge in [0.1, 0.15) is 5.52 Å². The number of H-pyrrole nitrogens is 1. The topological polar surface area (TPSA) is 90.0 Å². The first-order valence-corrected chi connectivity index (χ1v) is 11.2. The van der Waals surface area contributed by atoms with Crippen molar-refractivity contribution in [3.8, 4) is 0 Å². The average Bonchev–Trinajstić information content (AvgIpc) is 2.87. The molecular weight excluding hydrogens is 414 g/mol. The molecule has 5 rings (SSSR count). The summed E-state index contributed by atoms with van der Waals surface area (Å²) < 4.78 is 23.2. The molecule has 0 bridgehead atoms. The Bertz CT molecular complexity index is 1480. The van der Waals surface area contributed by atoms with Crippen LogP contribution in [0.2, 0.25) is 0 Å². The second kappa shape index (κ2) is 8.78. The van der Waals surface area contributed by atoms with Crippen molar-refractivity contribution in [2.45, 2.75) is 26.7 Å². The molecule has 1 saturated heterocycles. The van der Waals surface area contributed by atoms with Crippen molar-refractivity contribution in [3.63, 3.8) is 0 Å². The van der Waals surface area contributed by atoms with Gasteiger partial charge in [-0.15, -0.1) is 0 Å². The predicted molar refractivity (Wildman–Crippen MR) is 133 cm³/mol. The molecular formula is C25H29N7O. The van der Waals surface area contributed by atoms with Gasteiger partial charge in [-0.1, -0.05) is 6.92 Å². The zero-order chi connectivity index (χ0) is 25.4. The predicted octanol–water partition coefficient (Wildman–Crippen LogP) is 3.10. The SMILES string of the molecule is [2H]C([2H])([2H])c1cc2cc(N3CCN(Cc4cnc5cc(CC)c(=O)[nH]c5c4)CC3)cnc2c(NC)n1. The molecule has 0 aliphatic carbocycles. The Morgan fingerprint density at radius 2 is 1.97 bits per heavy atom. The van der Waals surface area contributed by atoms with Crippen LogP contribution in [0.3, 0.4) is 0 Å². The van der Waals surface area contributed by atoms with Gasteiger partial charge < -0.3 is 15.2 Å². The van der Waals surface area contributed by atoms with E-state index in [1.165, 1.54) is 0 Å². The van der Waals surface area contributed by atoms with Crippen molar-refractivity contribution in [1.82, 2.24) is 24.8 Å². The lowest BCUT2D eigenvalue weighted by Crippen LogP contribution is -2.46. The molecule has 0 spiro atoms. The van der Waals surface area contributed by atoms with Crippen molar-refractivity contribution in [2.75, 3.05) is 43.4 Å². The van der Waals surface area contributed by atoms with Crippen LogP contribution < -0.4 is 15.8 Å². The molecule has 8 nitrogen and oxygen atoms in total. The van der Waals surface area contributed by atoms with Crippen LogP contribution in [-0.2, 0) is 13.0 Å². The number of pyridine rings is 4. The van der Waals surface area contributed by atoms with Gasteiger partial charge in [-0.05, 0) is 43.1 Å². The smallest absolute Gasteiger partial charge is 0.251 e. The molecule has 8 heteroatoms. The van der Waals surface area contributed by atoms with Crippen LogP contribution in [0.15, 0.2) is 41.5 Å². The van der Waals surface area contributed by atoms with E-state index in [0.717, 1.165) is 66.0 Å². The first-order chi connectivity index (χ1) is 17.2. The molecule has 4 aromatic heterocycles. The maximum absolute atomic E-state index is 12.2. The number of aromatic amines is 1. The maximum atomic E-state index is 12.2. The van der Waals surface area contributed by atoms with Gasteiger partial charge >= 0.3 is 0 Å². The number of rotatable bonds is 5. The summed E-state index contributed by atoms with van der Waals surface area (Å²) >= 11 is 0. The van der Waals surface area contributed by atoms with Crippen LogP contribution in [0.1, 0.15) is 27.9 Å². The van der Waals surface area contributed by atoms with Crippen molar-refractivity contribution in [2.24, 2.45) is 0 Å². The monoisotopic (exact) mass is 446 g/mol. The first kappa shape index (κ1) is 18.0. The largest absolute Gasteiger partial charge is 0.371 e. The van der Waals surface area contributed by atoms with Crippen LogP contribution in [-0.4, -0.2) is 58.1 Å². The number of nitrogens with zero attached hydrogens (tertiary/aromatic N) is 5. The second-order valence-electron chi connectivity index (χ2n) is 8.39. The molecule has 170 valence electrons. The second-order valence-corrected chi connectivity index (χ2v) is 8.39. The van der Waals surface area contributed by atoms with Crippen molar-refractivity contribution in [3.05, 3.63) is 63.8 Å². The van der Waals surface area contributed by atoms with Crippen molar-refractivity contribution >= 4 is 33.4 Å². The zero-order valence-electron chi connectivity index (χ0n) is 21.9. The summed E-state index contributed by atoms with van der Waals surface area (Å²) in [5, 5.41) is 3.71. The highest BCUT2D eigenvalue weighted by atomic mass is 16.1. The summed E-state index contributed by atoms with van der Waals surface area (Å²) in [4.78, 5) is 33.1. The zero-order valence-corrected chi connectivity index (χ0v) is 18.9. The van der Waals surface area contributed by atoms with E-state index in [1.807, 2.05) is 37.5 Å². The maximum Gasteiger partial charge on any atom is 0.251 e. The van der Waals surface area contributed by atoms with E-state index in [1.54, 1.807) is 13.1 Å². The number of aromatic nitrogens is 4. The van der Waals surface area contributed by atoms with Crippen LogP contribution in [0, 0.1) is 6.85 Å². The minimum Gasteiger partial charge on any atom is -0.371 e. The summed E-state index contributed by atoms with van der Waals surface area (Å²) in [6, 6.07) is 7.48. The van der Waals surface area contributed by atoms with Gasteiger partial charge in [0, 0.05) is 66.7 Å². The van der Waals surface area contributed by atoms with E-state index in [-0.39, 0.29) is 11.3 Å². The first-order valence-electron chi connectivity index (χ1n) is 12.7. The lowest BCUT2D eigenvalue weighted by molar-refractivity contribution is 0.249. The number of hydrogen-bond acceptors (Lipinski definition) is 7. The summed E-state index contributed by atoms with van der Waals surface area (Å²) in [6.07, 6.45) is 4.39. The molecule has 0 radical (unpaired) electrons. The summed E-state index contributed by atoms with van der Waals surface area (Å²) in [6.45, 7) is 3.79. The molecule has 0 aromatic carbocycles. The Morgan fingerprint density at radius 3 is 2.73 bits per heavy atom. The molecule has 5 heterocycles. The molecule has 1 aliphatic rings. The third kappa shape index (κ3) is 4.26. The number of piperazine rings is 1. The van der Waals surface area contributed by atoms with Gasteiger partial charge in [0.25, 0.3) is 5.56 Å². The van der Waals surface area contributed by atoms with Crippen LogP contribution in [0.5, 0.6) is 0 Å². The third-order valence-corrected chi connectivity index (χ3v) is 6.24. The van der Waals surface area contributed by atoms with Gasteiger partial charge in [-0.25, -0.2) is 4.98 Å². The normalized spacial score (nSPS) is 16.5. The highest BCUT2D eigenvalue weighted by Gasteiger charge is 2.19. The molecule has 1 aliphatic heterocycles. The van der Waals surface area contributed by atoms with E-state index in [4.69, 9.17) is 4.11 Å². The fraction of sp³-hybridized carbons (Fsp3) is 0.360. The number of anilines is 2. The molecule has 1 fully saturated rings. The fourth-order valence-electron chi connectivity index (χ4n) is 4.42. The number of aryl methyl sites for hydroxylation is 2. The van der Waals surface area contributed by atoms with Gasteiger partial charge in [0.2, 0.25) is 0 Å². The highest BCUT2D eigenvalue weighted by molar-refractivity contribution is 5.90.